The highest BCUT2D eigenvalue weighted by atomic mass is 16.5. The van der Waals surface area contributed by atoms with Crippen molar-refractivity contribution < 1.29 is 19.0 Å². The molecule has 10 heteroatoms. The quantitative estimate of drug-likeness (QED) is 0.346. The van der Waals surface area contributed by atoms with Crippen LogP contribution < -0.4 is 25.0 Å². The van der Waals surface area contributed by atoms with Crippen LogP contribution in [0, 0.1) is 0 Å². The molecule has 1 saturated heterocycles. The molecule has 1 aliphatic heterocycles. The minimum absolute atomic E-state index is 0.0452. The summed E-state index contributed by atoms with van der Waals surface area (Å²) in [5.74, 6) is 2.58. The minimum Gasteiger partial charge on any atom is -0.494 e. The molecule has 0 radical (unpaired) electrons. The second-order valence-corrected chi connectivity index (χ2v) is 7.76. The van der Waals surface area contributed by atoms with E-state index < -0.39 is 0 Å². The summed E-state index contributed by atoms with van der Waals surface area (Å²) in [6.45, 7) is 5.92. The van der Waals surface area contributed by atoms with Crippen molar-refractivity contribution in [2.24, 2.45) is 0 Å². The van der Waals surface area contributed by atoms with Crippen LogP contribution in [-0.4, -0.2) is 67.4 Å². The molecule has 0 unspecified atom stereocenters. The SMILES string of the molecule is C=CC(=O)N[C@@H]1CCN(c2ncnc3cnc(Nc4ccc(OCCOC)cc4OC)cc23)C1. The molecule has 1 amide bonds. The predicted octanol–water partition coefficient (Wildman–Crippen LogP) is 2.68. The minimum atomic E-state index is -0.167. The van der Waals surface area contributed by atoms with E-state index in [0.717, 1.165) is 35.4 Å². The largest absolute Gasteiger partial charge is 0.494 e. The third-order valence-electron chi connectivity index (χ3n) is 5.51. The Bertz CT molecular complexity index is 1170. The maximum atomic E-state index is 11.7. The van der Waals surface area contributed by atoms with Crippen LogP contribution in [0.25, 0.3) is 10.9 Å². The topological polar surface area (TPSA) is 111 Å². The monoisotopic (exact) mass is 464 g/mol. The van der Waals surface area contributed by atoms with Crippen molar-refractivity contribution in [3.05, 3.63) is 49.4 Å². The van der Waals surface area contributed by atoms with E-state index in [1.54, 1.807) is 20.4 Å². The Kier molecular flexibility index (Phi) is 7.38. The second-order valence-electron chi connectivity index (χ2n) is 7.76. The summed E-state index contributed by atoms with van der Waals surface area (Å²) < 4.78 is 16.2. The van der Waals surface area contributed by atoms with E-state index in [1.807, 2.05) is 24.3 Å². The van der Waals surface area contributed by atoms with Gasteiger partial charge in [-0.2, -0.15) is 0 Å². The number of nitrogens with zero attached hydrogens (tertiary/aromatic N) is 4. The Morgan fingerprint density at radius 1 is 1.24 bits per heavy atom. The average Bonchev–Trinajstić information content (AvgIpc) is 3.32. The number of hydrogen-bond donors (Lipinski definition) is 2. The maximum absolute atomic E-state index is 11.7. The molecule has 3 aromatic rings. The van der Waals surface area contributed by atoms with Gasteiger partial charge < -0.3 is 29.7 Å². The normalized spacial score (nSPS) is 15.2. The molecule has 1 aliphatic rings. The van der Waals surface area contributed by atoms with Crippen LogP contribution in [0.15, 0.2) is 49.4 Å². The van der Waals surface area contributed by atoms with E-state index in [2.05, 4.69) is 37.1 Å². The van der Waals surface area contributed by atoms with Crippen LogP contribution in [-0.2, 0) is 9.53 Å². The lowest BCUT2D eigenvalue weighted by atomic mass is 10.2. The van der Waals surface area contributed by atoms with Gasteiger partial charge in [0.1, 0.15) is 36.1 Å². The van der Waals surface area contributed by atoms with Crippen molar-refractivity contribution in [2.75, 3.05) is 50.7 Å². The third-order valence-corrected chi connectivity index (χ3v) is 5.51. The van der Waals surface area contributed by atoms with Gasteiger partial charge in [0.15, 0.2) is 0 Å². The van der Waals surface area contributed by atoms with Crippen molar-refractivity contribution in [1.29, 1.82) is 0 Å². The van der Waals surface area contributed by atoms with Crippen molar-refractivity contribution in [3.8, 4) is 11.5 Å². The Morgan fingerprint density at radius 2 is 2.12 bits per heavy atom. The highest BCUT2D eigenvalue weighted by Gasteiger charge is 2.25. The number of amides is 1. The molecule has 2 N–H and O–H groups in total. The lowest BCUT2D eigenvalue weighted by molar-refractivity contribution is -0.117. The van der Waals surface area contributed by atoms with Gasteiger partial charge in [-0.05, 0) is 30.7 Å². The molecular weight excluding hydrogens is 436 g/mol. The summed E-state index contributed by atoms with van der Waals surface area (Å²) in [5, 5.41) is 7.14. The van der Waals surface area contributed by atoms with E-state index in [-0.39, 0.29) is 11.9 Å². The number of carbonyl (C=O) groups is 1. The summed E-state index contributed by atoms with van der Waals surface area (Å²) in [7, 11) is 3.24. The zero-order chi connectivity index (χ0) is 23.9. The first kappa shape index (κ1) is 23.2. The Balaban J connectivity index is 1.55. The maximum Gasteiger partial charge on any atom is 0.243 e. The standard InChI is InChI=1S/C24H28N6O4/c1-4-23(31)28-16-7-8-30(14-16)24-18-12-22(25-13-20(18)26-15-27-24)29-19-6-5-17(11-21(19)33-3)34-10-9-32-2/h4-6,11-13,15-16H,1,7-10,14H2,2-3H3,(H,25,29)(H,28,31)/t16-/m1/s1. The summed E-state index contributed by atoms with van der Waals surface area (Å²) in [5.41, 5.74) is 1.49. The fourth-order valence-corrected chi connectivity index (χ4v) is 3.84. The molecule has 2 aromatic heterocycles. The van der Waals surface area contributed by atoms with Gasteiger partial charge in [-0.3, -0.25) is 4.79 Å². The molecular formula is C24H28N6O4. The number of ether oxygens (including phenoxy) is 3. The van der Waals surface area contributed by atoms with Gasteiger partial charge in [-0.25, -0.2) is 15.0 Å². The van der Waals surface area contributed by atoms with Gasteiger partial charge in [-0.1, -0.05) is 6.58 Å². The average molecular weight is 465 g/mol. The number of hydrogen-bond acceptors (Lipinski definition) is 9. The van der Waals surface area contributed by atoms with Gasteiger partial charge in [0, 0.05) is 37.7 Å². The first-order valence-corrected chi connectivity index (χ1v) is 11.0. The van der Waals surface area contributed by atoms with Crippen LogP contribution in [0.1, 0.15) is 6.42 Å². The molecule has 1 fully saturated rings. The Labute approximate surface area is 198 Å². The highest BCUT2D eigenvalue weighted by Crippen LogP contribution is 2.33. The fourth-order valence-electron chi connectivity index (χ4n) is 3.84. The van der Waals surface area contributed by atoms with Gasteiger partial charge in [-0.15, -0.1) is 0 Å². The van der Waals surface area contributed by atoms with Crippen LogP contribution in [0.3, 0.4) is 0 Å². The fraction of sp³-hybridized carbons (Fsp3) is 0.333. The number of fused-ring (bicyclic) bond motifs is 1. The molecule has 0 saturated carbocycles. The van der Waals surface area contributed by atoms with Gasteiger partial charge >= 0.3 is 0 Å². The molecule has 3 heterocycles. The summed E-state index contributed by atoms with van der Waals surface area (Å²) in [6, 6.07) is 7.52. The number of anilines is 3. The van der Waals surface area contributed by atoms with E-state index in [0.29, 0.717) is 37.1 Å². The summed E-state index contributed by atoms with van der Waals surface area (Å²) >= 11 is 0. The highest BCUT2D eigenvalue weighted by molar-refractivity contribution is 5.91. The van der Waals surface area contributed by atoms with E-state index >= 15 is 0 Å². The lowest BCUT2D eigenvalue weighted by Gasteiger charge is -2.19. The second kappa shape index (κ2) is 10.8. The third kappa shape index (κ3) is 5.34. The van der Waals surface area contributed by atoms with Crippen LogP contribution in [0.4, 0.5) is 17.3 Å². The molecule has 1 aromatic carbocycles. The Hall–Kier alpha value is -3.92. The molecule has 0 aliphatic carbocycles. The predicted molar refractivity (Wildman–Crippen MR) is 130 cm³/mol. The molecule has 178 valence electrons. The van der Waals surface area contributed by atoms with E-state index in [9.17, 15) is 4.79 Å². The Morgan fingerprint density at radius 3 is 2.91 bits per heavy atom. The number of benzene rings is 1. The van der Waals surface area contributed by atoms with Crippen LogP contribution >= 0.6 is 0 Å². The number of rotatable bonds is 10. The summed E-state index contributed by atoms with van der Waals surface area (Å²) in [6.07, 6.45) is 5.37. The number of pyridine rings is 1. The van der Waals surface area contributed by atoms with Crippen molar-refractivity contribution >= 4 is 34.1 Å². The van der Waals surface area contributed by atoms with E-state index in [4.69, 9.17) is 14.2 Å². The smallest absolute Gasteiger partial charge is 0.243 e. The lowest BCUT2D eigenvalue weighted by Crippen LogP contribution is -2.36. The van der Waals surface area contributed by atoms with Gasteiger partial charge in [0.25, 0.3) is 0 Å². The number of aromatic nitrogens is 3. The zero-order valence-electron chi connectivity index (χ0n) is 19.3. The molecule has 10 nitrogen and oxygen atoms in total. The molecule has 4 rings (SSSR count). The van der Waals surface area contributed by atoms with Gasteiger partial charge in [0.2, 0.25) is 5.91 Å². The molecule has 1 atom stereocenters. The zero-order valence-corrected chi connectivity index (χ0v) is 19.3. The molecule has 0 bridgehead atoms. The van der Waals surface area contributed by atoms with Gasteiger partial charge in [0.05, 0.1) is 31.1 Å². The molecule has 0 spiro atoms. The number of carbonyl (C=O) groups excluding carboxylic acids is 1. The first-order chi connectivity index (χ1) is 16.6. The van der Waals surface area contributed by atoms with Crippen molar-refractivity contribution in [3.63, 3.8) is 0 Å². The number of methoxy groups -OCH3 is 2. The van der Waals surface area contributed by atoms with E-state index in [1.165, 1.54) is 12.4 Å². The van der Waals surface area contributed by atoms with Crippen LogP contribution in [0.2, 0.25) is 0 Å². The number of nitrogens with one attached hydrogen (secondary N) is 2. The molecule has 34 heavy (non-hydrogen) atoms. The summed E-state index contributed by atoms with van der Waals surface area (Å²) in [4.78, 5) is 27.2. The first-order valence-electron chi connectivity index (χ1n) is 11.0. The van der Waals surface area contributed by atoms with Crippen molar-refractivity contribution in [2.45, 2.75) is 12.5 Å². The van der Waals surface area contributed by atoms with Crippen LogP contribution in [0.5, 0.6) is 11.5 Å². The van der Waals surface area contributed by atoms with Crippen molar-refractivity contribution in [1.82, 2.24) is 20.3 Å².